The van der Waals surface area contributed by atoms with Crippen molar-refractivity contribution in [3.8, 4) is 11.3 Å². The van der Waals surface area contributed by atoms with Gasteiger partial charge in [0.1, 0.15) is 5.69 Å². The Balaban J connectivity index is 1.68. The number of benzene rings is 2. The van der Waals surface area contributed by atoms with Gasteiger partial charge in [0.2, 0.25) is 5.88 Å². The number of rotatable bonds is 4. The summed E-state index contributed by atoms with van der Waals surface area (Å²) in [5.74, 6) is -2.21. The molecule has 0 saturated heterocycles. The predicted molar refractivity (Wildman–Crippen MR) is 86.0 cm³/mol. The van der Waals surface area contributed by atoms with Crippen LogP contribution in [0.4, 0.5) is 14.7 Å². The van der Waals surface area contributed by atoms with Crippen molar-refractivity contribution in [3.63, 3.8) is 0 Å². The minimum atomic E-state index is -0.980. The van der Waals surface area contributed by atoms with Crippen LogP contribution in [0.5, 0.6) is 0 Å². The van der Waals surface area contributed by atoms with E-state index in [4.69, 9.17) is 4.52 Å². The second-order valence-electron chi connectivity index (χ2n) is 4.94. The summed E-state index contributed by atoms with van der Waals surface area (Å²) in [5.41, 5.74) is 1.52. The van der Waals surface area contributed by atoms with Crippen LogP contribution in [0.25, 0.3) is 17.3 Å². The molecule has 0 unspecified atom stereocenters. The van der Waals surface area contributed by atoms with Gasteiger partial charge in [-0.05, 0) is 29.8 Å². The molecule has 6 heteroatoms. The molecule has 0 aliphatic heterocycles. The number of nitrogens with zero attached hydrogens (tertiary/aromatic N) is 1. The highest BCUT2D eigenvalue weighted by Gasteiger charge is 2.10. The van der Waals surface area contributed by atoms with Crippen molar-refractivity contribution in [1.82, 2.24) is 5.16 Å². The number of halogens is 2. The van der Waals surface area contributed by atoms with Gasteiger partial charge < -0.3 is 4.52 Å². The predicted octanol–water partition coefficient (Wildman–Crippen LogP) is 4.27. The van der Waals surface area contributed by atoms with Gasteiger partial charge >= 0.3 is 0 Å². The molecule has 1 N–H and O–H groups in total. The van der Waals surface area contributed by atoms with E-state index in [0.717, 1.165) is 17.7 Å². The number of hydrogen-bond acceptors (Lipinski definition) is 3. The molecule has 0 aliphatic rings. The summed E-state index contributed by atoms with van der Waals surface area (Å²) in [7, 11) is 0. The maximum absolute atomic E-state index is 13.2. The van der Waals surface area contributed by atoms with Gasteiger partial charge in [-0.3, -0.25) is 10.1 Å². The second-order valence-corrected chi connectivity index (χ2v) is 4.94. The van der Waals surface area contributed by atoms with Crippen molar-refractivity contribution in [2.75, 3.05) is 5.32 Å². The Kier molecular flexibility index (Phi) is 4.47. The maximum atomic E-state index is 13.2. The zero-order chi connectivity index (χ0) is 16.9. The SMILES string of the molecule is O=C(/C=C/c1ccccc1)Nc1cc(-c2ccc(F)c(F)c2)no1. The lowest BCUT2D eigenvalue weighted by atomic mass is 10.1. The van der Waals surface area contributed by atoms with Gasteiger partial charge in [0.25, 0.3) is 5.91 Å². The summed E-state index contributed by atoms with van der Waals surface area (Å²) in [6.07, 6.45) is 3.01. The third-order valence-corrected chi connectivity index (χ3v) is 3.20. The molecular formula is C18H12F2N2O2. The average Bonchev–Trinajstić information content (AvgIpc) is 3.05. The third kappa shape index (κ3) is 3.73. The first-order valence-electron chi connectivity index (χ1n) is 7.08. The highest BCUT2D eigenvalue weighted by atomic mass is 19.2. The van der Waals surface area contributed by atoms with E-state index >= 15 is 0 Å². The largest absolute Gasteiger partial charge is 0.338 e. The summed E-state index contributed by atoms with van der Waals surface area (Å²) in [5, 5.41) is 6.23. The number of nitrogens with one attached hydrogen (secondary N) is 1. The molecule has 1 amide bonds. The van der Waals surface area contributed by atoms with E-state index in [0.29, 0.717) is 5.56 Å². The zero-order valence-electron chi connectivity index (χ0n) is 12.4. The number of aromatic nitrogens is 1. The fourth-order valence-electron chi connectivity index (χ4n) is 2.02. The molecule has 0 saturated carbocycles. The number of hydrogen-bond donors (Lipinski definition) is 1. The van der Waals surface area contributed by atoms with Gasteiger partial charge in [-0.25, -0.2) is 8.78 Å². The summed E-state index contributed by atoms with van der Waals surface area (Å²) in [6, 6.07) is 14.1. The van der Waals surface area contributed by atoms with Crippen LogP contribution in [0, 0.1) is 11.6 Å². The number of carbonyl (C=O) groups is 1. The Bertz CT molecular complexity index is 889. The van der Waals surface area contributed by atoms with E-state index < -0.39 is 17.5 Å². The molecule has 1 heterocycles. The summed E-state index contributed by atoms with van der Waals surface area (Å²) in [6.45, 7) is 0. The van der Waals surface area contributed by atoms with E-state index in [2.05, 4.69) is 10.5 Å². The molecule has 0 atom stereocenters. The van der Waals surface area contributed by atoms with Crippen molar-refractivity contribution >= 4 is 17.9 Å². The van der Waals surface area contributed by atoms with Gasteiger partial charge in [0.15, 0.2) is 11.6 Å². The third-order valence-electron chi connectivity index (χ3n) is 3.20. The zero-order valence-corrected chi connectivity index (χ0v) is 12.4. The minimum absolute atomic E-state index is 0.109. The monoisotopic (exact) mass is 326 g/mol. The topological polar surface area (TPSA) is 55.1 Å². The van der Waals surface area contributed by atoms with E-state index in [1.165, 1.54) is 18.2 Å². The lowest BCUT2D eigenvalue weighted by molar-refractivity contribution is -0.112. The quantitative estimate of drug-likeness (QED) is 0.728. The minimum Gasteiger partial charge on any atom is -0.338 e. The Morgan fingerprint density at radius 3 is 2.58 bits per heavy atom. The molecule has 0 aliphatic carbocycles. The number of carbonyl (C=O) groups excluding carboxylic acids is 1. The smallest absolute Gasteiger partial charge is 0.250 e. The molecule has 1 aromatic heterocycles. The van der Waals surface area contributed by atoms with Crippen LogP contribution in [0.15, 0.2) is 65.2 Å². The van der Waals surface area contributed by atoms with E-state index in [1.807, 2.05) is 30.3 Å². The number of anilines is 1. The van der Waals surface area contributed by atoms with Crippen LogP contribution in [-0.2, 0) is 4.79 Å². The van der Waals surface area contributed by atoms with Crippen LogP contribution in [0.2, 0.25) is 0 Å². The van der Waals surface area contributed by atoms with E-state index in [1.54, 1.807) is 6.08 Å². The maximum Gasteiger partial charge on any atom is 0.250 e. The van der Waals surface area contributed by atoms with Crippen molar-refractivity contribution < 1.29 is 18.1 Å². The Labute approximate surface area is 136 Å². The molecule has 2 aromatic carbocycles. The number of amides is 1. The van der Waals surface area contributed by atoms with Crippen molar-refractivity contribution in [1.29, 1.82) is 0 Å². The van der Waals surface area contributed by atoms with E-state index in [9.17, 15) is 13.6 Å². The molecule has 24 heavy (non-hydrogen) atoms. The molecule has 3 rings (SSSR count). The van der Waals surface area contributed by atoms with E-state index in [-0.39, 0.29) is 11.6 Å². The highest BCUT2D eigenvalue weighted by Crippen LogP contribution is 2.23. The van der Waals surface area contributed by atoms with Gasteiger partial charge in [-0.15, -0.1) is 0 Å². The van der Waals surface area contributed by atoms with Gasteiger partial charge in [-0.1, -0.05) is 35.5 Å². The molecule has 4 nitrogen and oxygen atoms in total. The van der Waals surface area contributed by atoms with Crippen LogP contribution in [0.1, 0.15) is 5.56 Å². The molecule has 0 radical (unpaired) electrons. The molecular weight excluding hydrogens is 314 g/mol. The lowest BCUT2D eigenvalue weighted by Crippen LogP contribution is -2.06. The fourth-order valence-corrected chi connectivity index (χ4v) is 2.02. The average molecular weight is 326 g/mol. The van der Waals surface area contributed by atoms with Gasteiger partial charge in [-0.2, -0.15) is 0 Å². The Hall–Kier alpha value is -3.28. The molecule has 3 aromatic rings. The van der Waals surface area contributed by atoms with Gasteiger partial charge in [0.05, 0.1) is 0 Å². The fraction of sp³-hybridized carbons (Fsp3) is 0. The normalized spacial score (nSPS) is 10.9. The Morgan fingerprint density at radius 2 is 1.83 bits per heavy atom. The van der Waals surface area contributed by atoms with Crippen LogP contribution in [-0.4, -0.2) is 11.1 Å². The first-order chi connectivity index (χ1) is 11.6. The molecule has 120 valence electrons. The summed E-state index contributed by atoms with van der Waals surface area (Å²) in [4.78, 5) is 11.8. The molecule has 0 spiro atoms. The highest BCUT2D eigenvalue weighted by molar-refractivity contribution is 6.01. The lowest BCUT2D eigenvalue weighted by Gasteiger charge is -1.96. The molecule has 0 bridgehead atoms. The summed E-state index contributed by atoms with van der Waals surface area (Å²) >= 11 is 0. The summed E-state index contributed by atoms with van der Waals surface area (Å²) < 4.78 is 31.1. The van der Waals surface area contributed by atoms with Crippen molar-refractivity contribution in [3.05, 3.63) is 77.9 Å². The second kappa shape index (κ2) is 6.87. The van der Waals surface area contributed by atoms with Gasteiger partial charge in [0, 0.05) is 17.7 Å². The molecule has 0 fully saturated rings. The van der Waals surface area contributed by atoms with Crippen LogP contribution < -0.4 is 5.32 Å². The Morgan fingerprint density at radius 1 is 1.04 bits per heavy atom. The van der Waals surface area contributed by atoms with Crippen LogP contribution >= 0.6 is 0 Å². The first kappa shape index (κ1) is 15.6. The first-order valence-corrected chi connectivity index (χ1v) is 7.08. The van der Waals surface area contributed by atoms with Crippen molar-refractivity contribution in [2.45, 2.75) is 0 Å². The van der Waals surface area contributed by atoms with Crippen LogP contribution in [0.3, 0.4) is 0 Å². The standard InChI is InChI=1S/C18H12F2N2O2/c19-14-8-7-13(10-15(14)20)16-11-18(24-22-16)21-17(23)9-6-12-4-2-1-3-5-12/h1-11H,(H,21,23)/b9-6+. The van der Waals surface area contributed by atoms with Crippen molar-refractivity contribution in [2.24, 2.45) is 0 Å².